The Morgan fingerprint density at radius 1 is 1.12 bits per heavy atom. The van der Waals surface area contributed by atoms with E-state index in [1.54, 1.807) is 12.4 Å². The predicted molar refractivity (Wildman–Crippen MR) is 129 cm³/mol. The molecule has 5 rings (SSSR count). The number of aromatic nitrogens is 2. The summed E-state index contributed by atoms with van der Waals surface area (Å²) in [6.45, 7) is 2.25. The Balaban J connectivity index is 1.33. The smallest absolute Gasteiger partial charge is 0.228 e. The molecule has 2 fully saturated rings. The number of nitrogens with one attached hydrogen (secondary N) is 2. The van der Waals surface area contributed by atoms with Crippen LogP contribution in [0.4, 0.5) is 11.6 Å². The monoisotopic (exact) mass is 458 g/mol. The Bertz CT molecular complexity index is 1240. The van der Waals surface area contributed by atoms with Gasteiger partial charge in [-0.25, -0.2) is 9.97 Å². The number of nitrogens with zero attached hydrogens (tertiary/aromatic N) is 2. The van der Waals surface area contributed by atoms with Gasteiger partial charge in [0.2, 0.25) is 5.91 Å². The normalized spacial score (nSPS) is 17.5. The van der Waals surface area contributed by atoms with E-state index in [4.69, 9.17) is 14.2 Å². The number of anilines is 2. The van der Waals surface area contributed by atoms with E-state index in [1.807, 2.05) is 37.4 Å². The first-order valence-electron chi connectivity index (χ1n) is 11.4. The predicted octanol–water partition coefficient (Wildman–Crippen LogP) is 3.21. The number of hydrogen-bond donors (Lipinski definition) is 2. The molecule has 2 aromatic heterocycles. The van der Waals surface area contributed by atoms with Gasteiger partial charge in [0.05, 0.1) is 25.4 Å². The van der Waals surface area contributed by atoms with Crippen LogP contribution in [0.5, 0.6) is 5.75 Å². The highest BCUT2D eigenvalue weighted by molar-refractivity contribution is 5.99. The van der Waals surface area contributed by atoms with Crippen molar-refractivity contribution in [1.82, 2.24) is 9.97 Å². The molecule has 8 nitrogen and oxygen atoms in total. The lowest BCUT2D eigenvalue weighted by atomic mass is 10.1. The van der Waals surface area contributed by atoms with Crippen LogP contribution in [0, 0.1) is 17.8 Å². The maximum atomic E-state index is 12.2. The second-order valence-electron chi connectivity index (χ2n) is 8.30. The van der Waals surface area contributed by atoms with Gasteiger partial charge in [0.25, 0.3) is 0 Å². The zero-order valence-corrected chi connectivity index (χ0v) is 19.0. The van der Waals surface area contributed by atoms with E-state index in [1.165, 1.54) is 0 Å². The molecule has 0 bridgehead atoms. The summed E-state index contributed by atoms with van der Waals surface area (Å²) in [4.78, 5) is 21.0. The number of carbonyl (C=O) groups excluding carboxylic acids is 1. The first-order valence-corrected chi connectivity index (χ1v) is 11.4. The number of carbonyl (C=O) groups is 1. The lowest BCUT2D eigenvalue weighted by Crippen LogP contribution is -2.33. The highest BCUT2D eigenvalue weighted by Crippen LogP contribution is 2.31. The molecule has 1 aliphatic heterocycles. The average molecular weight is 459 g/mol. The topological polar surface area (TPSA) is 94.6 Å². The maximum Gasteiger partial charge on any atom is 0.228 e. The van der Waals surface area contributed by atoms with Crippen molar-refractivity contribution >= 4 is 28.3 Å². The van der Waals surface area contributed by atoms with Crippen LogP contribution in [0.2, 0.25) is 0 Å². The van der Waals surface area contributed by atoms with Gasteiger partial charge in [-0.1, -0.05) is 11.8 Å². The maximum absolute atomic E-state index is 12.2. The minimum Gasteiger partial charge on any atom is -0.491 e. The molecule has 1 unspecified atom stereocenters. The molecule has 0 radical (unpaired) electrons. The number of ether oxygens (including phenoxy) is 3. The lowest BCUT2D eigenvalue weighted by Gasteiger charge is -2.22. The quantitative estimate of drug-likeness (QED) is 0.548. The van der Waals surface area contributed by atoms with Crippen molar-refractivity contribution in [3.8, 4) is 17.6 Å². The standard InChI is InChI=1S/C26H26N4O4/c1-27-25-23-14-28-24(30-26(31)18-6-7-18)12-22(23)19(13-29-25)5-2-17-3-8-20(9-4-17)34-16-21-15-32-10-11-33-21/h3-4,8-9,12-14,18,21H,6-7,10-11,15-16H2,1H3,(H,27,29)(H,28,30,31). The molecule has 1 amide bonds. The van der Waals surface area contributed by atoms with Crippen molar-refractivity contribution in [2.45, 2.75) is 18.9 Å². The van der Waals surface area contributed by atoms with Crippen LogP contribution in [0.25, 0.3) is 10.8 Å². The number of amides is 1. The zero-order chi connectivity index (χ0) is 23.3. The molecule has 1 aromatic carbocycles. The molecular weight excluding hydrogens is 432 g/mol. The van der Waals surface area contributed by atoms with E-state index < -0.39 is 0 Å². The third kappa shape index (κ3) is 5.28. The van der Waals surface area contributed by atoms with Gasteiger partial charge in [-0.3, -0.25) is 4.79 Å². The molecular formula is C26H26N4O4. The fourth-order valence-electron chi connectivity index (χ4n) is 3.67. The van der Waals surface area contributed by atoms with E-state index in [9.17, 15) is 4.79 Å². The summed E-state index contributed by atoms with van der Waals surface area (Å²) < 4.78 is 16.8. The van der Waals surface area contributed by atoms with E-state index >= 15 is 0 Å². The van der Waals surface area contributed by atoms with Gasteiger partial charge in [0, 0.05) is 41.7 Å². The molecule has 3 aromatic rings. The minimum absolute atomic E-state index is 0.0206. The van der Waals surface area contributed by atoms with Gasteiger partial charge < -0.3 is 24.8 Å². The highest BCUT2D eigenvalue weighted by Gasteiger charge is 2.29. The van der Waals surface area contributed by atoms with E-state index in [2.05, 4.69) is 32.4 Å². The fourth-order valence-corrected chi connectivity index (χ4v) is 3.67. The molecule has 174 valence electrons. The molecule has 3 heterocycles. The zero-order valence-electron chi connectivity index (χ0n) is 19.0. The number of benzene rings is 1. The number of fused-ring (bicyclic) bond motifs is 1. The average Bonchev–Trinajstić information content (AvgIpc) is 3.73. The first-order chi connectivity index (χ1) is 16.7. The lowest BCUT2D eigenvalue weighted by molar-refractivity contribution is -0.117. The largest absolute Gasteiger partial charge is 0.491 e. The van der Waals surface area contributed by atoms with Gasteiger partial charge in [-0.05, 0) is 43.2 Å². The van der Waals surface area contributed by atoms with Crippen LogP contribution in [0.3, 0.4) is 0 Å². The van der Waals surface area contributed by atoms with Gasteiger partial charge in [0.15, 0.2) is 0 Å². The molecule has 2 N–H and O–H groups in total. The van der Waals surface area contributed by atoms with Crippen LogP contribution < -0.4 is 15.4 Å². The minimum atomic E-state index is -0.0389. The van der Waals surface area contributed by atoms with Crippen molar-refractivity contribution in [2.24, 2.45) is 5.92 Å². The van der Waals surface area contributed by atoms with Crippen LogP contribution in [-0.2, 0) is 14.3 Å². The molecule has 2 aliphatic rings. The van der Waals surface area contributed by atoms with Crippen LogP contribution >= 0.6 is 0 Å². The third-order valence-corrected chi connectivity index (χ3v) is 5.72. The summed E-state index contributed by atoms with van der Waals surface area (Å²) in [5, 5.41) is 7.71. The molecule has 34 heavy (non-hydrogen) atoms. The van der Waals surface area contributed by atoms with Gasteiger partial charge in [0.1, 0.15) is 30.1 Å². The molecule has 1 saturated heterocycles. The SMILES string of the molecule is CNc1ncc(C#Cc2ccc(OCC3COCCO3)cc2)c2cc(NC(=O)C3CC3)ncc12. The Morgan fingerprint density at radius 3 is 2.71 bits per heavy atom. The first kappa shape index (κ1) is 22.1. The van der Waals surface area contributed by atoms with Crippen molar-refractivity contribution < 1.29 is 19.0 Å². The van der Waals surface area contributed by atoms with Crippen LogP contribution in [-0.4, -0.2) is 55.5 Å². The van der Waals surface area contributed by atoms with Crippen molar-refractivity contribution in [2.75, 3.05) is 44.1 Å². The summed E-state index contributed by atoms with van der Waals surface area (Å²) in [6.07, 6.45) is 5.29. The Morgan fingerprint density at radius 2 is 1.97 bits per heavy atom. The van der Waals surface area contributed by atoms with E-state index in [0.717, 1.165) is 40.5 Å². The molecule has 1 saturated carbocycles. The van der Waals surface area contributed by atoms with E-state index in [0.29, 0.717) is 38.1 Å². The summed E-state index contributed by atoms with van der Waals surface area (Å²) in [7, 11) is 1.81. The summed E-state index contributed by atoms with van der Waals surface area (Å²) in [6, 6.07) is 9.48. The van der Waals surface area contributed by atoms with Crippen LogP contribution in [0.1, 0.15) is 24.0 Å². The molecule has 1 atom stereocenters. The second-order valence-corrected chi connectivity index (χ2v) is 8.30. The summed E-state index contributed by atoms with van der Waals surface area (Å²) >= 11 is 0. The molecule has 1 aliphatic carbocycles. The van der Waals surface area contributed by atoms with Crippen molar-refractivity contribution in [3.05, 3.63) is 53.9 Å². The van der Waals surface area contributed by atoms with E-state index in [-0.39, 0.29) is 17.9 Å². The number of hydrogen-bond acceptors (Lipinski definition) is 7. The Kier molecular flexibility index (Phi) is 6.56. The second kappa shape index (κ2) is 10.1. The Labute approximate surface area is 198 Å². The summed E-state index contributed by atoms with van der Waals surface area (Å²) in [5.41, 5.74) is 1.61. The molecule has 8 heteroatoms. The number of rotatable bonds is 6. The molecule has 0 spiro atoms. The summed E-state index contributed by atoms with van der Waals surface area (Å²) in [5.74, 6) is 8.53. The number of pyridine rings is 2. The Hall–Kier alpha value is -3.67. The van der Waals surface area contributed by atoms with Crippen molar-refractivity contribution in [3.63, 3.8) is 0 Å². The third-order valence-electron chi connectivity index (χ3n) is 5.72. The van der Waals surface area contributed by atoms with Gasteiger partial charge in [-0.2, -0.15) is 0 Å². The van der Waals surface area contributed by atoms with Crippen LogP contribution in [0.15, 0.2) is 42.7 Å². The van der Waals surface area contributed by atoms with Gasteiger partial charge in [-0.15, -0.1) is 0 Å². The fraction of sp³-hybridized carbons (Fsp3) is 0.346. The van der Waals surface area contributed by atoms with Crippen molar-refractivity contribution in [1.29, 1.82) is 0 Å². The van der Waals surface area contributed by atoms with Gasteiger partial charge >= 0.3 is 0 Å². The highest BCUT2D eigenvalue weighted by atomic mass is 16.6.